The minimum absolute atomic E-state index is 0.0453. The van der Waals surface area contributed by atoms with E-state index in [1.807, 2.05) is 18.6 Å². The van der Waals surface area contributed by atoms with Crippen molar-refractivity contribution in [2.24, 2.45) is 0 Å². The first-order valence-electron chi connectivity index (χ1n) is 10.7. The average molecular weight is 540 g/mol. The van der Waals surface area contributed by atoms with E-state index in [0.717, 1.165) is 37.7 Å². The molecule has 0 saturated carbocycles. The number of hydrogen-bond acceptors (Lipinski definition) is 8. The first-order chi connectivity index (χ1) is 15.7. The van der Waals surface area contributed by atoms with Crippen LogP contribution >= 0.6 is 22.9 Å². The molecule has 0 amide bonds. The quantitative estimate of drug-likeness (QED) is 0.232. The van der Waals surface area contributed by atoms with Gasteiger partial charge < -0.3 is 21.1 Å². The molecule has 0 atom stereocenters. The fourth-order valence-corrected chi connectivity index (χ4v) is 4.99. The minimum atomic E-state index is -4.32. The zero-order valence-corrected chi connectivity index (χ0v) is 22.0. The van der Waals surface area contributed by atoms with E-state index >= 15 is 0 Å². The van der Waals surface area contributed by atoms with Gasteiger partial charge in [0.2, 0.25) is 0 Å². The van der Waals surface area contributed by atoms with E-state index in [9.17, 15) is 22.3 Å². The molecule has 192 valence electrons. The fourth-order valence-electron chi connectivity index (χ4n) is 2.82. The van der Waals surface area contributed by atoms with Crippen molar-refractivity contribution in [1.82, 2.24) is 15.6 Å². The van der Waals surface area contributed by atoms with Gasteiger partial charge in [0.05, 0.1) is 23.5 Å². The summed E-state index contributed by atoms with van der Waals surface area (Å²) in [7, 11) is -4.32. The number of aliphatic hydroxyl groups excluding tert-OH is 1. The van der Waals surface area contributed by atoms with E-state index in [4.69, 9.17) is 11.6 Å². The Bertz CT molecular complexity index is 1060. The second-order valence-electron chi connectivity index (χ2n) is 9.18. The summed E-state index contributed by atoms with van der Waals surface area (Å²) in [6.45, 7) is 10.0. The van der Waals surface area contributed by atoms with Gasteiger partial charge in [-0.25, -0.2) is 17.8 Å². The van der Waals surface area contributed by atoms with Crippen LogP contribution in [0.4, 0.5) is 19.6 Å². The number of rotatable bonds is 14. The number of nitrogens with one attached hydrogen (secondary N) is 4. The summed E-state index contributed by atoms with van der Waals surface area (Å²) in [5.41, 5.74) is -0.227. The summed E-state index contributed by atoms with van der Waals surface area (Å²) in [5.74, 6) is -0.988. The number of anilines is 2. The molecule has 0 bridgehead atoms. The molecule has 0 saturated heterocycles. The maximum absolute atomic E-state index is 14.5. The number of halogens is 3. The molecule has 5 N–H and O–H groups in total. The Morgan fingerprint density at radius 1 is 1.09 bits per heavy atom. The van der Waals surface area contributed by atoms with Crippen LogP contribution in [0.1, 0.15) is 40.5 Å². The third-order valence-corrected chi connectivity index (χ3v) is 7.43. The predicted molar refractivity (Wildman–Crippen MR) is 133 cm³/mol. The maximum Gasteiger partial charge on any atom is 0.266 e. The molecule has 1 aromatic heterocycles. The van der Waals surface area contributed by atoms with Gasteiger partial charge in [-0.1, -0.05) is 22.9 Å². The van der Waals surface area contributed by atoms with Crippen molar-refractivity contribution >= 4 is 43.8 Å². The Morgan fingerprint density at radius 2 is 1.76 bits per heavy atom. The van der Waals surface area contributed by atoms with Crippen LogP contribution in [-0.2, 0) is 10.0 Å². The fraction of sp³-hybridized carbons (Fsp3) is 0.571. The molecule has 0 aliphatic carbocycles. The highest BCUT2D eigenvalue weighted by Gasteiger charge is 2.24. The number of thiazole rings is 1. The summed E-state index contributed by atoms with van der Waals surface area (Å²) in [4.78, 5) is 2.92. The van der Waals surface area contributed by atoms with Gasteiger partial charge in [-0.2, -0.15) is 4.39 Å². The van der Waals surface area contributed by atoms with Crippen LogP contribution in [0.2, 0.25) is 5.02 Å². The molecule has 13 heteroatoms. The van der Waals surface area contributed by atoms with Crippen molar-refractivity contribution in [2.75, 3.05) is 36.3 Å². The van der Waals surface area contributed by atoms with Crippen LogP contribution < -0.4 is 20.7 Å². The lowest BCUT2D eigenvalue weighted by Crippen LogP contribution is -2.54. The Labute approximate surface area is 208 Å². The van der Waals surface area contributed by atoms with E-state index in [0.29, 0.717) is 24.4 Å². The van der Waals surface area contributed by atoms with E-state index in [1.165, 1.54) is 0 Å². The van der Waals surface area contributed by atoms with Crippen LogP contribution in [-0.4, -0.2) is 55.8 Å². The monoisotopic (exact) mass is 539 g/mol. The summed E-state index contributed by atoms with van der Waals surface area (Å²) >= 11 is 6.66. The van der Waals surface area contributed by atoms with Gasteiger partial charge in [0.15, 0.2) is 10.3 Å². The molecular weight excluding hydrogens is 508 g/mol. The highest BCUT2D eigenvalue weighted by Crippen LogP contribution is 2.30. The molecular formula is C21H32ClF2N5O3S2. The van der Waals surface area contributed by atoms with Crippen LogP contribution in [0.25, 0.3) is 0 Å². The van der Waals surface area contributed by atoms with Crippen molar-refractivity contribution in [3.8, 4) is 0 Å². The van der Waals surface area contributed by atoms with Crippen molar-refractivity contribution < 1.29 is 22.3 Å². The first-order valence-corrected chi connectivity index (χ1v) is 13.4. The Hall–Kier alpha value is -1.57. The summed E-state index contributed by atoms with van der Waals surface area (Å²) in [6, 6.07) is 2.03. The van der Waals surface area contributed by atoms with E-state index in [2.05, 4.69) is 34.8 Å². The summed E-state index contributed by atoms with van der Waals surface area (Å²) in [6.07, 6.45) is 2.48. The summed E-state index contributed by atoms with van der Waals surface area (Å²) < 4.78 is 54.5. The molecule has 0 unspecified atom stereocenters. The van der Waals surface area contributed by atoms with Gasteiger partial charge in [-0.05, 0) is 59.2 Å². The Kier molecular flexibility index (Phi) is 10.0. The largest absolute Gasteiger partial charge is 0.394 e. The lowest BCUT2D eigenvalue weighted by Gasteiger charge is -2.32. The van der Waals surface area contributed by atoms with Crippen LogP contribution in [0, 0.1) is 10.9 Å². The molecule has 1 aromatic carbocycles. The molecule has 8 nitrogen and oxygen atoms in total. The first kappa shape index (κ1) is 28.7. The SMILES string of the molecule is CC(C)(CO)NCC(C)(C)NCCCCNc1cc(F)c(S(=O)(=O)Nc2ncc(F)s2)cc1Cl. The second kappa shape index (κ2) is 11.9. The highest BCUT2D eigenvalue weighted by atomic mass is 35.5. The molecule has 34 heavy (non-hydrogen) atoms. The average Bonchev–Trinajstić information content (AvgIpc) is 3.15. The van der Waals surface area contributed by atoms with Crippen LogP contribution in [0.15, 0.2) is 23.2 Å². The van der Waals surface area contributed by atoms with Gasteiger partial charge in [-0.3, -0.25) is 4.72 Å². The van der Waals surface area contributed by atoms with Gasteiger partial charge >= 0.3 is 0 Å². The third-order valence-electron chi connectivity index (χ3n) is 4.94. The Morgan fingerprint density at radius 3 is 2.38 bits per heavy atom. The third kappa shape index (κ3) is 8.90. The maximum atomic E-state index is 14.5. The van der Waals surface area contributed by atoms with Gasteiger partial charge in [0.1, 0.15) is 10.7 Å². The van der Waals surface area contributed by atoms with Crippen molar-refractivity contribution in [3.05, 3.63) is 34.3 Å². The van der Waals surface area contributed by atoms with E-state index < -0.39 is 25.9 Å². The highest BCUT2D eigenvalue weighted by molar-refractivity contribution is 7.93. The van der Waals surface area contributed by atoms with Crippen LogP contribution in [0.3, 0.4) is 0 Å². The molecule has 0 aliphatic rings. The molecule has 0 spiro atoms. The molecule has 0 aliphatic heterocycles. The molecule has 2 rings (SSSR count). The van der Waals surface area contributed by atoms with Gasteiger partial charge in [-0.15, -0.1) is 0 Å². The number of aliphatic hydroxyl groups is 1. The smallest absolute Gasteiger partial charge is 0.266 e. The predicted octanol–water partition coefficient (Wildman–Crippen LogP) is 3.80. The zero-order valence-electron chi connectivity index (χ0n) is 19.6. The summed E-state index contributed by atoms with van der Waals surface area (Å²) in [5, 5.41) is 18.3. The number of nitrogens with zero attached hydrogens (tertiary/aromatic N) is 1. The molecule has 1 heterocycles. The van der Waals surface area contributed by atoms with Gasteiger partial charge in [0, 0.05) is 24.2 Å². The zero-order chi connectivity index (χ0) is 25.6. The number of aromatic nitrogens is 1. The number of hydrogen-bond donors (Lipinski definition) is 5. The van der Waals surface area contributed by atoms with Gasteiger partial charge in [0.25, 0.3) is 10.0 Å². The standard InChI is InChI=1S/C21H32ClF2N5O3S2/c1-20(2,12-28-21(3,4)13-30)27-8-6-5-7-25-16-10-15(23)17(9-14(16)22)34(31,32)29-19-26-11-18(24)33-19/h9-11,25,27-28,30H,5-8,12-13H2,1-4H3,(H,26,29). The normalized spacial score (nSPS) is 12.7. The second-order valence-corrected chi connectivity index (χ2v) is 12.2. The Balaban J connectivity index is 1.83. The van der Waals surface area contributed by atoms with Crippen molar-refractivity contribution in [3.63, 3.8) is 0 Å². The van der Waals surface area contributed by atoms with E-state index in [-0.39, 0.29) is 33.5 Å². The lowest BCUT2D eigenvalue weighted by molar-refractivity contribution is 0.177. The number of unbranched alkanes of at least 4 members (excludes halogenated alkanes) is 1. The molecule has 0 radical (unpaired) electrons. The number of sulfonamides is 1. The topological polar surface area (TPSA) is 115 Å². The lowest BCUT2D eigenvalue weighted by atomic mass is 10.0. The van der Waals surface area contributed by atoms with Crippen molar-refractivity contribution in [1.29, 1.82) is 0 Å². The van der Waals surface area contributed by atoms with Crippen LogP contribution in [0.5, 0.6) is 0 Å². The van der Waals surface area contributed by atoms with E-state index in [1.54, 1.807) is 0 Å². The number of benzene rings is 1. The molecule has 0 fully saturated rings. The minimum Gasteiger partial charge on any atom is -0.394 e. The van der Waals surface area contributed by atoms with Crippen molar-refractivity contribution in [2.45, 2.75) is 56.5 Å². The molecule has 2 aromatic rings.